The van der Waals surface area contributed by atoms with Crippen LogP contribution in [0, 0.1) is 0 Å². The lowest BCUT2D eigenvalue weighted by atomic mass is 10.3. The molecule has 1 heterocycles. The predicted molar refractivity (Wildman–Crippen MR) is 70.9 cm³/mol. The van der Waals surface area contributed by atoms with E-state index in [1.165, 1.54) is 0 Å². The molecule has 90 valence electrons. The maximum absolute atomic E-state index is 5.79. The Balaban J connectivity index is 1.73. The summed E-state index contributed by atoms with van der Waals surface area (Å²) in [6, 6.07) is 7.38. The van der Waals surface area contributed by atoms with Crippen LogP contribution >= 0.6 is 23.4 Å². The number of hydrogen-bond acceptors (Lipinski definition) is 3. The number of rotatable bonds is 5. The van der Waals surface area contributed by atoms with Crippen molar-refractivity contribution in [2.24, 2.45) is 7.05 Å². The van der Waals surface area contributed by atoms with Crippen LogP contribution in [-0.2, 0) is 7.05 Å². The molecule has 0 bridgehead atoms. The highest BCUT2D eigenvalue weighted by Crippen LogP contribution is 2.17. The molecular formula is C12H13ClN2OS. The molecule has 0 N–H and O–H groups in total. The van der Waals surface area contributed by atoms with Gasteiger partial charge in [-0.1, -0.05) is 23.4 Å². The number of benzene rings is 1. The van der Waals surface area contributed by atoms with Crippen molar-refractivity contribution in [2.75, 3.05) is 12.4 Å². The SMILES string of the molecule is Cn1ccnc1SCCOc1ccc(Cl)cc1. The summed E-state index contributed by atoms with van der Waals surface area (Å²) in [7, 11) is 1.98. The zero-order chi connectivity index (χ0) is 12.1. The van der Waals surface area contributed by atoms with Gasteiger partial charge in [-0.2, -0.15) is 0 Å². The molecule has 0 saturated carbocycles. The van der Waals surface area contributed by atoms with Crippen LogP contribution in [0.4, 0.5) is 0 Å². The van der Waals surface area contributed by atoms with Gasteiger partial charge < -0.3 is 9.30 Å². The Bertz CT molecular complexity index is 470. The molecule has 0 fully saturated rings. The fraction of sp³-hybridized carbons (Fsp3) is 0.250. The normalized spacial score (nSPS) is 10.5. The van der Waals surface area contributed by atoms with E-state index >= 15 is 0 Å². The van der Waals surface area contributed by atoms with Gasteiger partial charge in [-0.3, -0.25) is 0 Å². The highest BCUT2D eigenvalue weighted by Gasteiger charge is 2.00. The molecule has 0 saturated heterocycles. The fourth-order valence-corrected chi connectivity index (χ4v) is 2.19. The van der Waals surface area contributed by atoms with Crippen LogP contribution in [0.25, 0.3) is 0 Å². The number of aromatic nitrogens is 2. The topological polar surface area (TPSA) is 27.1 Å². The molecule has 1 aromatic heterocycles. The summed E-state index contributed by atoms with van der Waals surface area (Å²) >= 11 is 7.46. The molecule has 0 spiro atoms. The van der Waals surface area contributed by atoms with E-state index in [-0.39, 0.29) is 0 Å². The summed E-state index contributed by atoms with van der Waals surface area (Å²) < 4.78 is 7.58. The van der Waals surface area contributed by atoms with Gasteiger partial charge in [0, 0.05) is 30.2 Å². The lowest BCUT2D eigenvalue weighted by Crippen LogP contribution is -2.01. The molecule has 0 amide bonds. The summed E-state index contributed by atoms with van der Waals surface area (Å²) in [6.45, 7) is 0.652. The average Bonchev–Trinajstić information content (AvgIpc) is 2.73. The van der Waals surface area contributed by atoms with Crippen molar-refractivity contribution < 1.29 is 4.74 Å². The summed E-state index contributed by atoms with van der Waals surface area (Å²) in [5, 5.41) is 1.73. The van der Waals surface area contributed by atoms with E-state index in [0.29, 0.717) is 6.61 Å². The number of hydrogen-bond donors (Lipinski definition) is 0. The minimum absolute atomic E-state index is 0.652. The molecular weight excluding hydrogens is 256 g/mol. The Morgan fingerprint density at radius 2 is 2.12 bits per heavy atom. The fourth-order valence-electron chi connectivity index (χ4n) is 1.31. The molecule has 5 heteroatoms. The second-order valence-electron chi connectivity index (χ2n) is 3.47. The van der Waals surface area contributed by atoms with Gasteiger partial charge in [0.05, 0.1) is 6.61 Å². The Morgan fingerprint density at radius 1 is 1.35 bits per heavy atom. The molecule has 0 aliphatic rings. The summed E-state index contributed by atoms with van der Waals surface area (Å²) in [5.74, 6) is 1.71. The smallest absolute Gasteiger partial charge is 0.167 e. The van der Waals surface area contributed by atoms with Crippen molar-refractivity contribution >= 4 is 23.4 Å². The molecule has 0 atom stereocenters. The number of halogens is 1. The Morgan fingerprint density at radius 3 is 2.76 bits per heavy atom. The van der Waals surface area contributed by atoms with E-state index < -0.39 is 0 Å². The molecule has 3 nitrogen and oxygen atoms in total. The lowest BCUT2D eigenvalue weighted by molar-refractivity contribution is 0.344. The Labute approximate surface area is 110 Å². The third kappa shape index (κ3) is 3.68. The van der Waals surface area contributed by atoms with E-state index in [0.717, 1.165) is 21.7 Å². The quantitative estimate of drug-likeness (QED) is 0.615. The van der Waals surface area contributed by atoms with Crippen molar-refractivity contribution in [3.8, 4) is 5.75 Å². The summed E-state index contributed by atoms with van der Waals surface area (Å²) in [6.07, 6.45) is 3.73. The number of ether oxygens (including phenoxy) is 1. The first-order valence-electron chi connectivity index (χ1n) is 5.24. The minimum Gasteiger partial charge on any atom is -0.493 e. The monoisotopic (exact) mass is 268 g/mol. The number of nitrogens with zero attached hydrogens (tertiary/aromatic N) is 2. The third-order valence-electron chi connectivity index (χ3n) is 2.17. The molecule has 2 rings (SSSR count). The maximum Gasteiger partial charge on any atom is 0.167 e. The van der Waals surface area contributed by atoms with Crippen LogP contribution < -0.4 is 4.74 Å². The zero-order valence-electron chi connectivity index (χ0n) is 9.47. The van der Waals surface area contributed by atoms with Gasteiger partial charge in [0.15, 0.2) is 5.16 Å². The van der Waals surface area contributed by atoms with E-state index in [1.54, 1.807) is 18.0 Å². The van der Waals surface area contributed by atoms with Gasteiger partial charge in [0.25, 0.3) is 0 Å². The van der Waals surface area contributed by atoms with Gasteiger partial charge in [0.1, 0.15) is 5.75 Å². The zero-order valence-corrected chi connectivity index (χ0v) is 11.0. The van der Waals surface area contributed by atoms with Crippen LogP contribution in [0.1, 0.15) is 0 Å². The maximum atomic E-state index is 5.79. The second-order valence-corrected chi connectivity index (χ2v) is 4.97. The average molecular weight is 269 g/mol. The van der Waals surface area contributed by atoms with Crippen LogP contribution in [0.15, 0.2) is 41.8 Å². The third-order valence-corrected chi connectivity index (χ3v) is 3.45. The van der Waals surface area contributed by atoms with Gasteiger partial charge in [0.2, 0.25) is 0 Å². The molecule has 2 aromatic rings. The van der Waals surface area contributed by atoms with E-state index in [2.05, 4.69) is 4.98 Å². The number of thioether (sulfide) groups is 1. The van der Waals surface area contributed by atoms with Crippen molar-refractivity contribution in [1.82, 2.24) is 9.55 Å². The van der Waals surface area contributed by atoms with Crippen LogP contribution in [0.3, 0.4) is 0 Å². The molecule has 17 heavy (non-hydrogen) atoms. The highest BCUT2D eigenvalue weighted by molar-refractivity contribution is 7.99. The first-order valence-corrected chi connectivity index (χ1v) is 6.60. The Kier molecular flexibility index (Phi) is 4.34. The number of aryl methyl sites for hydroxylation is 1. The van der Waals surface area contributed by atoms with Crippen molar-refractivity contribution in [1.29, 1.82) is 0 Å². The Hall–Kier alpha value is -1.13. The number of imidazole rings is 1. The first kappa shape index (κ1) is 12.3. The predicted octanol–water partition coefficient (Wildman–Crippen LogP) is 3.24. The van der Waals surface area contributed by atoms with E-state index in [9.17, 15) is 0 Å². The van der Waals surface area contributed by atoms with Crippen molar-refractivity contribution in [2.45, 2.75) is 5.16 Å². The van der Waals surface area contributed by atoms with Gasteiger partial charge >= 0.3 is 0 Å². The minimum atomic E-state index is 0.652. The van der Waals surface area contributed by atoms with Crippen LogP contribution in [-0.4, -0.2) is 21.9 Å². The van der Waals surface area contributed by atoms with E-state index in [1.807, 2.05) is 42.1 Å². The largest absolute Gasteiger partial charge is 0.493 e. The summed E-state index contributed by atoms with van der Waals surface area (Å²) in [4.78, 5) is 4.22. The second kappa shape index (κ2) is 5.98. The highest BCUT2D eigenvalue weighted by atomic mass is 35.5. The standard InChI is InChI=1S/C12H13ClN2OS/c1-15-7-6-14-12(15)17-9-8-16-11-4-2-10(13)3-5-11/h2-7H,8-9H2,1H3. The molecule has 0 radical (unpaired) electrons. The molecule has 0 aliphatic carbocycles. The van der Waals surface area contributed by atoms with Gasteiger partial charge in [-0.15, -0.1) is 0 Å². The molecule has 0 unspecified atom stereocenters. The lowest BCUT2D eigenvalue weighted by Gasteiger charge is -2.05. The van der Waals surface area contributed by atoms with Crippen molar-refractivity contribution in [3.05, 3.63) is 41.7 Å². The van der Waals surface area contributed by atoms with Gasteiger partial charge in [-0.05, 0) is 24.3 Å². The molecule has 0 aliphatic heterocycles. The first-order chi connectivity index (χ1) is 8.25. The van der Waals surface area contributed by atoms with E-state index in [4.69, 9.17) is 16.3 Å². The van der Waals surface area contributed by atoms with Crippen LogP contribution in [0.5, 0.6) is 5.75 Å². The van der Waals surface area contributed by atoms with Crippen molar-refractivity contribution in [3.63, 3.8) is 0 Å². The summed E-state index contributed by atoms with van der Waals surface area (Å²) in [5.41, 5.74) is 0. The van der Waals surface area contributed by atoms with Crippen LogP contribution in [0.2, 0.25) is 5.02 Å². The molecule has 1 aromatic carbocycles. The van der Waals surface area contributed by atoms with Gasteiger partial charge in [-0.25, -0.2) is 4.98 Å².